The molecule has 0 aliphatic rings. The van der Waals surface area contributed by atoms with E-state index in [2.05, 4.69) is 15.9 Å². The topological polar surface area (TPSA) is 0 Å². The SMILES string of the molecule is [2H]c1c([2H])c([2H])[c]([Ge]([c]2cc(Br)c3ccccc3c2)([c]2c([2H])c([2H])c([2H])c([2H])c2[2H])[c]2c([2H])c([2H])c([2H])c([2H])c2[2H])c([2H])c1[2H]. The fourth-order valence-corrected chi connectivity index (χ4v) is 12.7. The Hall–Kier alpha value is -2.62. The summed E-state index contributed by atoms with van der Waals surface area (Å²) in [6, 6.07) is -1.61. The van der Waals surface area contributed by atoms with E-state index in [-0.39, 0.29) is 4.40 Å². The summed E-state index contributed by atoms with van der Waals surface area (Å²) in [6.45, 7) is 0. The van der Waals surface area contributed by atoms with Gasteiger partial charge in [-0.2, -0.15) is 0 Å². The van der Waals surface area contributed by atoms with Crippen molar-refractivity contribution >= 4 is 57.6 Å². The Kier molecular flexibility index (Phi) is 2.44. The normalized spacial score (nSPS) is 18.5. The Morgan fingerprint density at radius 1 is 0.567 bits per heavy atom. The van der Waals surface area contributed by atoms with Crippen molar-refractivity contribution in [3.63, 3.8) is 0 Å². The maximum absolute atomic E-state index is 9.09. The summed E-state index contributed by atoms with van der Waals surface area (Å²) < 4.78 is 130. The number of fused-ring (bicyclic) bond motifs is 1. The number of benzene rings is 5. The molecule has 30 heavy (non-hydrogen) atoms. The first-order chi connectivity index (χ1) is 21.0. The van der Waals surface area contributed by atoms with Gasteiger partial charge in [0.1, 0.15) is 0 Å². The molecule has 5 rings (SSSR count). The van der Waals surface area contributed by atoms with Crippen LogP contribution in [-0.2, 0) is 0 Å². The van der Waals surface area contributed by atoms with E-state index in [4.69, 9.17) is 20.6 Å². The number of hydrogen-bond acceptors (Lipinski definition) is 0. The van der Waals surface area contributed by atoms with Crippen LogP contribution in [0.4, 0.5) is 0 Å². The predicted molar refractivity (Wildman–Crippen MR) is 135 cm³/mol. The zero-order valence-electron chi connectivity index (χ0n) is 30.3. The number of halogens is 1. The zero-order valence-corrected chi connectivity index (χ0v) is 19.0. The molecule has 0 N–H and O–H groups in total. The third-order valence-corrected chi connectivity index (χ3v) is 14.2. The van der Waals surface area contributed by atoms with Gasteiger partial charge in [0.2, 0.25) is 0 Å². The average molecular weight is 525 g/mol. The first-order valence-corrected chi connectivity index (χ1v) is 13.9. The van der Waals surface area contributed by atoms with Crippen molar-refractivity contribution < 1.29 is 20.6 Å². The summed E-state index contributed by atoms with van der Waals surface area (Å²) in [5, 5.41) is 1.23. The molecule has 0 amide bonds. The van der Waals surface area contributed by atoms with Gasteiger partial charge in [0.05, 0.1) is 0 Å². The van der Waals surface area contributed by atoms with Gasteiger partial charge >= 0.3 is 210 Å². The molecule has 0 bridgehead atoms. The molecule has 0 aliphatic carbocycles. The fourth-order valence-electron chi connectivity index (χ4n) is 3.60. The Labute approximate surface area is 209 Å². The van der Waals surface area contributed by atoms with Gasteiger partial charge in [0, 0.05) is 0 Å². The van der Waals surface area contributed by atoms with Gasteiger partial charge in [-0.3, -0.25) is 0 Å². The Morgan fingerprint density at radius 2 is 1.03 bits per heavy atom. The Morgan fingerprint density at radius 3 is 1.53 bits per heavy atom. The summed E-state index contributed by atoms with van der Waals surface area (Å²) in [6.07, 6.45) is 0. The molecule has 0 saturated heterocycles. The van der Waals surface area contributed by atoms with E-state index in [9.17, 15) is 0 Å². The van der Waals surface area contributed by atoms with Crippen LogP contribution in [-0.4, -0.2) is 13.3 Å². The quantitative estimate of drug-likeness (QED) is 0.291. The molecule has 0 nitrogen and oxygen atoms in total. The summed E-state index contributed by atoms with van der Waals surface area (Å²) in [4.78, 5) is 0. The van der Waals surface area contributed by atoms with Crippen molar-refractivity contribution in [1.82, 2.24) is 0 Å². The summed E-state index contributed by atoms with van der Waals surface area (Å²) in [7, 11) is 0. The van der Waals surface area contributed by atoms with Crippen LogP contribution in [0.25, 0.3) is 10.8 Å². The van der Waals surface area contributed by atoms with Gasteiger partial charge in [-0.1, -0.05) is 0 Å². The first-order valence-electron chi connectivity index (χ1n) is 16.4. The molecule has 0 spiro atoms. The molecule has 0 unspecified atom stereocenters. The standard InChI is InChI=1S/C28H21BrGe/c29-28-21-26(20-22-12-10-11-19-27(22)28)30(23-13-4-1-5-14-23,24-15-6-2-7-16-24)25-17-8-3-9-18-25/h1-21H/i1D,2D,3D,4D,5D,6D,7D,8D,9D,13D,14D,15D,16D,17D,18D. The van der Waals surface area contributed by atoms with E-state index in [0.29, 0.717) is 15.2 Å². The number of hydrogen-bond donors (Lipinski definition) is 0. The summed E-state index contributed by atoms with van der Waals surface area (Å²) >= 11 is -2.43. The van der Waals surface area contributed by atoms with Crippen LogP contribution in [0.5, 0.6) is 0 Å². The van der Waals surface area contributed by atoms with Crippen molar-refractivity contribution in [3.8, 4) is 0 Å². The van der Waals surface area contributed by atoms with Crippen LogP contribution in [0, 0.1) is 0 Å². The molecular weight excluding hydrogens is 489 g/mol. The van der Waals surface area contributed by atoms with Crippen LogP contribution < -0.4 is 17.6 Å². The fraction of sp³-hybridized carbons (Fsp3) is 0. The first kappa shape index (κ1) is 8.86. The van der Waals surface area contributed by atoms with Gasteiger partial charge in [-0.25, -0.2) is 0 Å². The van der Waals surface area contributed by atoms with Crippen LogP contribution in [0.3, 0.4) is 0 Å². The third-order valence-electron chi connectivity index (χ3n) is 4.87. The van der Waals surface area contributed by atoms with Gasteiger partial charge in [0.25, 0.3) is 0 Å². The Balaban J connectivity index is 2.29. The minimum absolute atomic E-state index is 0.108. The summed E-state index contributed by atoms with van der Waals surface area (Å²) in [5.74, 6) is 0. The van der Waals surface area contributed by atoms with E-state index in [1.54, 1.807) is 30.3 Å². The van der Waals surface area contributed by atoms with Crippen molar-refractivity contribution in [3.05, 3.63) is 132 Å². The zero-order chi connectivity index (χ0) is 33.4. The molecule has 0 atom stereocenters. The van der Waals surface area contributed by atoms with Gasteiger partial charge < -0.3 is 0 Å². The van der Waals surface area contributed by atoms with Crippen molar-refractivity contribution in [2.24, 2.45) is 0 Å². The molecule has 5 aromatic rings. The number of rotatable bonds is 4. The molecule has 0 heterocycles. The van der Waals surface area contributed by atoms with Gasteiger partial charge in [0.15, 0.2) is 0 Å². The van der Waals surface area contributed by atoms with E-state index >= 15 is 0 Å². The second-order valence-electron chi connectivity index (χ2n) is 6.43. The predicted octanol–water partition coefficient (Wildman–Crippen LogP) is 4.98. The molecule has 144 valence electrons. The third kappa shape index (κ3) is 3.23. The van der Waals surface area contributed by atoms with Crippen molar-refractivity contribution in [1.29, 1.82) is 0 Å². The van der Waals surface area contributed by atoms with E-state index in [1.807, 2.05) is 0 Å². The van der Waals surface area contributed by atoms with E-state index in [1.165, 1.54) is 6.07 Å². The van der Waals surface area contributed by atoms with Gasteiger partial charge in [-0.05, 0) is 0 Å². The second kappa shape index (κ2) is 8.25. The molecule has 0 aliphatic heterocycles. The monoisotopic (exact) mass is 525 g/mol. The van der Waals surface area contributed by atoms with Gasteiger partial charge in [-0.15, -0.1) is 0 Å². The van der Waals surface area contributed by atoms with E-state index in [0.717, 1.165) is 0 Å². The molecule has 2 heteroatoms. The minimum atomic E-state index is -5.95. The average Bonchev–Trinajstić information content (AvgIpc) is 3.02. The molecule has 0 saturated carbocycles. The van der Waals surface area contributed by atoms with E-state index < -0.39 is 117 Å². The van der Waals surface area contributed by atoms with Crippen molar-refractivity contribution in [2.45, 2.75) is 0 Å². The van der Waals surface area contributed by atoms with Crippen LogP contribution >= 0.6 is 15.9 Å². The molecule has 0 aromatic heterocycles. The maximum atomic E-state index is 9.09. The molecule has 0 fully saturated rings. The Bertz CT molecular complexity index is 1840. The molecule has 5 aromatic carbocycles. The molecular formula is C28H21BrGe. The van der Waals surface area contributed by atoms with Crippen LogP contribution in [0.15, 0.2) is 132 Å². The molecule has 0 radical (unpaired) electrons. The summed E-state index contributed by atoms with van der Waals surface area (Å²) in [5.41, 5.74) is 0. The van der Waals surface area contributed by atoms with Crippen LogP contribution in [0.1, 0.15) is 20.6 Å². The van der Waals surface area contributed by atoms with Crippen LogP contribution in [0.2, 0.25) is 0 Å². The second-order valence-corrected chi connectivity index (χ2v) is 14.8. The van der Waals surface area contributed by atoms with Crippen molar-refractivity contribution in [2.75, 3.05) is 0 Å².